The van der Waals surface area contributed by atoms with Crippen molar-refractivity contribution >= 4 is 11.7 Å². The van der Waals surface area contributed by atoms with Crippen LogP contribution < -0.4 is 0 Å². The van der Waals surface area contributed by atoms with E-state index >= 15 is 0 Å². The number of aromatic nitrogens is 1. The number of rotatable bonds is 3. The molecule has 0 aliphatic heterocycles. The summed E-state index contributed by atoms with van der Waals surface area (Å²) in [4.78, 5) is 23.5. The fourth-order valence-electron chi connectivity index (χ4n) is 1.25. The molecule has 0 radical (unpaired) electrons. The van der Waals surface area contributed by atoms with Crippen molar-refractivity contribution in [3.05, 3.63) is 33.1 Å². The number of halogens is 2. The number of carbonyl (C=O) groups is 1. The lowest BCUT2D eigenvalue weighted by atomic mass is 10.1. The Morgan fingerprint density at radius 2 is 2.19 bits per heavy atom. The van der Waals surface area contributed by atoms with Crippen LogP contribution in [0, 0.1) is 17.0 Å². The molecule has 1 aromatic rings. The van der Waals surface area contributed by atoms with Crippen LogP contribution in [-0.4, -0.2) is 21.0 Å². The number of hydrogen-bond donors (Lipinski definition) is 1. The molecule has 0 aliphatic rings. The third-order valence-electron chi connectivity index (χ3n) is 1.92. The van der Waals surface area contributed by atoms with Crippen molar-refractivity contribution in [3.63, 3.8) is 0 Å². The largest absolute Gasteiger partial charge is 0.478 e. The van der Waals surface area contributed by atoms with E-state index in [0.29, 0.717) is 6.20 Å². The highest BCUT2D eigenvalue weighted by atomic mass is 19.3. The van der Waals surface area contributed by atoms with Crippen LogP contribution in [0.4, 0.5) is 14.5 Å². The molecule has 86 valence electrons. The van der Waals surface area contributed by atoms with Crippen molar-refractivity contribution in [2.24, 2.45) is 0 Å². The molecule has 16 heavy (non-hydrogen) atoms. The van der Waals surface area contributed by atoms with Gasteiger partial charge in [0.15, 0.2) is 0 Å². The second kappa shape index (κ2) is 4.17. The molecule has 8 heteroatoms. The lowest BCUT2D eigenvalue weighted by Crippen LogP contribution is -2.10. The van der Waals surface area contributed by atoms with Gasteiger partial charge in [0.2, 0.25) is 0 Å². The van der Waals surface area contributed by atoms with Gasteiger partial charge in [0.05, 0.1) is 16.2 Å². The molecule has 0 unspecified atom stereocenters. The van der Waals surface area contributed by atoms with E-state index in [1.165, 1.54) is 6.92 Å². The first-order valence-electron chi connectivity index (χ1n) is 4.01. The SMILES string of the molecule is Cc1ncc([N+](=O)[O-])c(C(F)F)c1C(=O)O. The lowest BCUT2D eigenvalue weighted by molar-refractivity contribution is -0.386. The fourth-order valence-corrected chi connectivity index (χ4v) is 1.25. The van der Waals surface area contributed by atoms with Gasteiger partial charge in [-0.1, -0.05) is 0 Å². The molecule has 0 saturated carbocycles. The smallest absolute Gasteiger partial charge is 0.338 e. The molecule has 0 atom stereocenters. The minimum atomic E-state index is -3.24. The molecule has 0 amide bonds. The number of alkyl halides is 2. The molecule has 1 N–H and O–H groups in total. The Morgan fingerprint density at radius 1 is 1.62 bits per heavy atom. The van der Waals surface area contributed by atoms with Gasteiger partial charge in [-0.05, 0) is 6.92 Å². The first-order chi connectivity index (χ1) is 7.36. The maximum Gasteiger partial charge on any atom is 0.338 e. The van der Waals surface area contributed by atoms with E-state index in [0.717, 1.165) is 0 Å². The van der Waals surface area contributed by atoms with Crippen LogP contribution >= 0.6 is 0 Å². The Kier molecular flexibility index (Phi) is 3.11. The molecule has 6 nitrogen and oxygen atoms in total. The predicted octanol–water partition coefficient (Wildman–Crippen LogP) is 1.93. The first kappa shape index (κ1) is 12.0. The van der Waals surface area contributed by atoms with E-state index < -0.39 is 34.1 Å². The van der Waals surface area contributed by atoms with Crippen LogP contribution in [0.3, 0.4) is 0 Å². The van der Waals surface area contributed by atoms with Crippen LogP contribution in [0.15, 0.2) is 6.20 Å². The quantitative estimate of drug-likeness (QED) is 0.634. The average Bonchev–Trinajstić information content (AvgIpc) is 2.15. The summed E-state index contributed by atoms with van der Waals surface area (Å²) in [6, 6.07) is 0. The summed E-state index contributed by atoms with van der Waals surface area (Å²) in [5.74, 6) is -1.66. The molecular weight excluding hydrogens is 226 g/mol. The van der Waals surface area contributed by atoms with E-state index in [9.17, 15) is 23.7 Å². The Bertz CT molecular complexity index is 462. The van der Waals surface area contributed by atoms with Gasteiger partial charge >= 0.3 is 5.97 Å². The second-order valence-corrected chi connectivity index (χ2v) is 2.88. The van der Waals surface area contributed by atoms with E-state index in [1.807, 2.05) is 0 Å². The molecule has 0 aromatic carbocycles. The van der Waals surface area contributed by atoms with Crippen molar-refractivity contribution < 1.29 is 23.6 Å². The zero-order valence-corrected chi connectivity index (χ0v) is 7.98. The van der Waals surface area contributed by atoms with Crippen molar-refractivity contribution in [2.45, 2.75) is 13.3 Å². The molecule has 1 rings (SSSR count). The summed E-state index contributed by atoms with van der Waals surface area (Å²) < 4.78 is 25.2. The Balaban J connectivity index is 3.63. The fraction of sp³-hybridized carbons (Fsp3) is 0.250. The summed E-state index contributed by atoms with van der Waals surface area (Å²) in [6.45, 7) is 1.19. The second-order valence-electron chi connectivity index (χ2n) is 2.88. The molecule has 1 heterocycles. The van der Waals surface area contributed by atoms with E-state index in [4.69, 9.17) is 5.11 Å². The number of pyridine rings is 1. The normalized spacial score (nSPS) is 10.5. The number of aryl methyl sites for hydroxylation is 1. The number of nitrogens with zero attached hydrogens (tertiary/aromatic N) is 2. The van der Waals surface area contributed by atoms with Crippen LogP contribution in [0.5, 0.6) is 0 Å². The van der Waals surface area contributed by atoms with Gasteiger partial charge in [-0.25, -0.2) is 13.6 Å². The molecule has 0 fully saturated rings. The van der Waals surface area contributed by atoms with Crippen LogP contribution in [0.25, 0.3) is 0 Å². The van der Waals surface area contributed by atoms with Crippen LogP contribution in [0.1, 0.15) is 28.0 Å². The van der Waals surface area contributed by atoms with Crippen LogP contribution in [0.2, 0.25) is 0 Å². The van der Waals surface area contributed by atoms with Gasteiger partial charge in [0.1, 0.15) is 11.8 Å². The summed E-state index contributed by atoms with van der Waals surface area (Å²) in [5, 5.41) is 19.2. The van der Waals surface area contributed by atoms with Gasteiger partial charge in [-0.3, -0.25) is 15.1 Å². The molecule has 1 aromatic heterocycles. The maximum absolute atomic E-state index is 12.6. The van der Waals surface area contributed by atoms with Gasteiger partial charge in [-0.15, -0.1) is 0 Å². The maximum atomic E-state index is 12.6. The highest BCUT2D eigenvalue weighted by molar-refractivity contribution is 5.91. The van der Waals surface area contributed by atoms with E-state index in [1.54, 1.807) is 0 Å². The third kappa shape index (κ3) is 1.95. The van der Waals surface area contributed by atoms with Crippen LogP contribution in [-0.2, 0) is 0 Å². The molecule has 0 aliphatic carbocycles. The van der Waals surface area contributed by atoms with Crippen molar-refractivity contribution in [1.29, 1.82) is 0 Å². The Hall–Kier alpha value is -2.12. The minimum Gasteiger partial charge on any atom is -0.478 e. The Labute approximate surface area is 87.7 Å². The predicted molar refractivity (Wildman–Crippen MR) is 47.5 cm³/mol. The standard InChI is InChI=1S/C8H6F2N2O4/c1-3-5(8(13)14)6(7(9)10)4(2-11-3)12(15)16/h2,7H,1H3,(H,13,14). The van der Waals surface area contributed by atoms with E-state index in [-0.39, 0.29) is 5.69 Å². The van der Waals surface area contributed by atoms with Gasteiger partial charge in [0, 0.05) is 0 Å². The van der Waals surface area contributed by atoms with Crippen molar-refractivity contribution in [3.8, 4) is 0 Å². The van der Waals surface area contributed by atoms with Gasteiger partial charge in [0.25, 0.3) is 12.1 Å². The average molecular weight is 232 g/mol. The summed E-state index contributed by atoms with van der Waals surface area (Å²) >= 11 is 0. The highest BCUT2D eigenvalue weighted by Gasteiger charge is 2.30. The number of carboxylic acids is 1. The number of aromatic carboxylic acids is 1. The zero-order valence-electron chi connectivity index (χ0n) is 7.98. The number of nitro groups is 1. The summed E-state index contributed by atoms with van der Waals surface area (Å²) in [6.07, 6.45) is -2.61. The minimum absolute atomic E-state index is 0.187. The molecule has 0 bridgehead atoms. The van der Waals surface area contributed by atoms with Crippen molar-refractivity contribution in [2.75, 3.05) is 0 Å². The Morgan fingerprint density at radius 3 is 2.56 bits per heavy atom. The van der Waals surface area contributed by atoms with Crippen molar-refractivity contribution in [1.82, 2.24) is 4.98 Å². The monoisotopic (exact) mass is 232 g/mol. The molecule has 0 saturated heterocycles. The number of hydrogen-bond acceptors (Lipinski definition) is 4. The third-order valence-corrected chi connectivity index (χ3v) is 1.92. The topological polar surface area (TPSA) is 93.3 Å². The first-order valence-corrected chi connectivity index (χ1v) is 4.01. The van der Waals surface area contributed by atoms with Gasteiger partial charge in [-0.2, -0.15) is 0 Å². The zero-order chi connectivity index (χ0) is 12.5. The summed E-state index contributed by atoms with van der Waals surface area (Å²) in [5.41, 5.74) is -3.10. The highest BCUT2D eigenvalue weighted by Crippen LogP contribution is 2.32. The molecular formula is C8H6F2N2O4. The number of carboxylic acid groups (broad SMARTS) is 1. The molecule has 0 spiro atoms. The lowest BCUT2D eigenvalue weighted by Gasteiger charge is -2.07. The van der Waals surface area contributed by atoms with Gasteiger partial charge < -0.3 is 5.11 Å². The summed E-state index contributed by atoms with van der Waals surface area (Å²) in [7, 11) is 0. The van der Waals surface area contributed by atoms with E-state index in [2.05, 4.69) is 4.98 Å².